The molecule has 0 fully saturated rings. The highest BCUT2D eigenvalue weighted by atomic mass is 127. The van der Waals surface area contributed by atoms with Crippen molar-refractivity contribution in [2.75, 3.05) is 20.1 Å². The number of rotatable bonds is 2. The molecule has 1 aromatic rings. The van der Waals surface area contributed by atoms with Crippen molar-refractivity contribution in [3.63, 3.8) is 0 Å². The van der Waals surface area contributed by atoms with Crippen LogP contribution in [0, 0.1) is 0 Å². The molecule has 128 valence electrons. The lowest BCUT2D eigenvalue weighted by Gasteiger charge is -2.31. The number of amides is 1. The Morgan fingerprint density at radius 3 is 2.52 bits per heavy atom. The molecule has 0 aliphatic carbocycles. The van der Waals surface area contributed by atoms with Gasteiger partial charge in [0.25, 0.3) is 0 Å². The topological polar surface area (TPSA) is 56.7 Å². The number of fused-ring (bicyclic) bond motifs is 1. The summed E-state index contributed by atoms with van der Waals surface area (Å²) in [5.74, 6) is 0.754. The van der Waals surface area contributed by atoms with E-state index >= 15 is 0 Å². The Bertz CT molecular complexity index is 566. The first-order chi connectivity index (χ1) is 10.4. The molecule has 0 atom stereocenters. The summed E-state index contributed by atoms with van der Waals surface area (Å²) in [6.07, 6.45) is 1.01. The molecule has 0 spiro atoms. The predicted octanol–water partition coefficient (Wildman–Crippen LogP) is 2.15. The van der Waals surface area contributed by atoms with Crippen LogP contribution in [0.1, 0.15) is 31.9 Å². The van der Waals surface area contributed by atoms with E-state index in [1.54, 1.807) is 7.05 Å². The Morgan fingerprint density at radius 2 is 1.91 bits per heavy atom. The van der Waals surface area contributed by atoms with Gasteiger partial charge in [0.15, 0.2) is 5.96 Å². The molecular weight excluding hydrogens is 403 g/mol. The molecule has 1 aliphatic rings. The fourth-order valence-electron chi connectivity index (χ4n) is 2.63. The van der Waals surface area contributed by atoms with Crippen molar-refractivity contribution >= 4 is 35.8 Å². The van der Waals surface area contributed by atoms with Crippen LogP contribution in [-0.4, -0.2) is 42.4 Å². The summed E-state index contributed by atoms with van der Waals surface area (Å²) in [4.78, 5) is 18.4. The minimum Gasteiger partial charge on any atom is -0.350 e. The number of hydrogen-bond acceptors (Lipinski definition) is 2. The van der Waals surface area contributed by atoms with E-state index in [1.165, 1.54) is 11.1 Å². The van der Waals surface area contributed by atoms with Crippen molar-refractivity contribution in [1.29, 1.82) is 0 Å². The number of guanidine groups is 1. The summed E-state index contributed by atoms with van der Waals surface area (Å²) >= 11 is 0. The van der Waals surface area contributed by atoms with Gasteiger partial charge < -0.3 is 15.5 Å². The monoisotopic (exact) mass is 430 g/mol. The zero-order chi connectivity index (χ0) is 16.2. The van der Waals surface area contributed by atoms with Gasteiger partial charge in [-0.3, -0.25) is 9.79 Å². The third kappa shape index (κ3) is 6.01. The fourth-order valence-corrected chi connectivity index (χ4v) is 2.63. The van der Waals surface area contributed by atoms with Gasteiger partial charge >= 0.3 is 0 Å². The van der Waals surface area contributed by atoms with Crippen molar-refractivity contribution in [2.45, 2.75) is 39.3 Å². The van der Waals surface area contributed by atoms with E-state index in [4.69, 9.17) is 0 Å². The van der Waals surface area contributed by atoms with E-state index in [0.29, 0.717) is 0 Å². The molecule has 0 bridgehead atoms. The van der Waals surface area contributed by atoms with E-state index in [-0.39, 0.29) is 42.0 Å². The Hall–Kier alpha value is -1.31. The van der Waals surface area contributed by atoms with Crippen molar-refractivity contribution in [2.24, 2.45) is 4.99 Å². The smallest absolute Gasteiger partial charge is 0.239 e. The van der Waals surface area contributed by atoms with Gasteiger partial charge in [-0.05, 0) is 38.3 Å². The van der Waals surface area contributed by atoms with Crippen molar-refractivity contribution in [3.05, 3.63) is 35.4 Å². The van der Waals surface area contributed by atoms with Crippen molar-refractivity contribution < 1.29 is 4.79 Å². The van der Waals surface area contributed by atoms with Crippen LogP contribution in [0.5, 0.6) is 0 Å². The van der Waals surface area contributed by atoms with Crippen LogP contribution in [-0.2, 0) is 17.8 Å². The van der Waals surface area contributed by atoms with E-state index in [9.17, 15) is 4.79 Å². The van der Waals surface area contributed by atoms with Crippen LogP contribution < -0.4 is 10.6 Å². The average Bonchev–Trinajstić information content (AvgIpc) is 2.46. The quantitative estimate of drug-likeness (QED) is 0.430. The maximum atomic E-state index is 11.9. The SMILES string of the molecule is CN=C(NCC(=O)NC(C)(C)C)N1CCc2ccccc2C1.I. The van der Waals surface area contributed by atoms with E-state index in [0.717, 1.165) is 25.5 Å². The van der Waals surface area contributed by atoms with Gasteiger partial charge in [-0.25, -0.2) is 0 Å². The van der Waals surface area contributed by atoms with Crippen LogP contribution in [0.3, 0.4) is 0 Å². The number of nitrogens with zero attached hydrogens (tertiary/aromatic N) is 2. The van der Waals surface area contributed by atoms with Crippen molar-refractivity contribution in [3.8, 4) is 0 Å². The maximum Gasteiger partial charge on any atom is 0.239 e. The number of nitrogens with one attached hydrogen (secondary N) is 2. The highest BCUT2D eigenvalue weighted by molar-refractivity contribution is 14.0. The maximum absolute atomic E-state index is 11.9. The molecule has 1 aliphatic heterocycles. The Balaban J connectivity index is 0.00000264. The molecule has 2 rings (SSSR count). The first-order valence-corrected chi connectivity index (χ1v) is 7.72. The van der Waals surface area contributed by atoms with Gasteiger partial charge in [-0.15, -0.1) is 24.0 Å². The standard InChI is InChI=1S/C17H26N4O.HI/c1-17(2,3)20-15(22)11-19-16(18-4)21-10-9-13-7-5-6-8-14(13)12-21;/h5-8H,9-12H2,1-4H3,(H,18,19)(H,20,22);1H. The zero-order valence-corrected chi connectivity index (χ0v) is 16.7. The summed E-state index contributed by atoms with van der Waals surface area (Å²) in [5.41, 5.74) is 2.52. The average molecular weight is 430 g/mol. The molecular formula is C17H27IN4O. The van der Waals surface area contributed by atoms with Gasteiger partial charge in [0, 0.05) is 25.7 Å². The number of benzene rings is 1. The number of aliphatic imine (C=N–C) groups is 1. The van der Waals surface area contributed by atoms with Crippen LogP contribution in [0.25, 0.3) is 0 Å². The highest BCUT2D eigenvalue weighted by Crippen LogP contribution is 2.18. The van der Waals surface area contributed by atoms with Crippen LogP contribution in [0.15, 0.2) is 29.3 Å². The molecule has 23 heavy (non-hydrogen) atoms. The summed E-state index contributed by atoms with van der Waals surface area (Å²) in [7, 11) is 1.75. The number of hydrogen-bond donors (Lipinski definition) is 2. The number of carbonyl (C=O) groups excluding carboxylic acids is 1. The molecule has 1 aromatic carbocycles. The largest absolute Gasteiger partial charge is 0.350 e. The Labute approximate surface area is 156 Å². The van der Waals surface area contributed by atoms with Crippen LogP contribution in [0.4, 0.5) is 0 Å². The Morgan fingerprint density at radius 1 is 1.26 bits per heavy atom. The summed E-state index contributed by atoms with van der Waals surface area (Å²) in [6.45, 7) is 7.90. The number of halogens is 1. The molecule has 2 N–H and O–H groups in total. The summed E-state index contributed by atoms with van der Waals surface area (Å²) in [6, 6.07) is 8.48. The lowest BCUT2D eigenvalue weighted by atomic mass is 10.0. The molecule has 0 saturated carbocycles. The molecule has 5 nitrogen and oxygen atoms in total. The normalized spacial score (nSPS) is 14.6. The second-order valence-electron chi connectivity index (χ2n) is 6.64. The predicted molar refractivity (Wildman–Crippen MR) is 105 cm³/mol. The third-order valence-electron chi connectivity index (χ3n) is 3.56. The Kier molecular flexibility index (Phi) is 7.31. The first kappa shape index (κ1) is 19.7. The molecule has 0 unspecified atom stereocenters. The second-order valence-corrected chi connectivity index (χ2v) is 6.64. The highest BCUT2D eigenvalue weighted by Gasteiger charge is 2.20. The van der Waals surface area contributed by atoms with Crippen LogP contribution in [0.2, 0.25) is 0 Å². The second kappa shape index (κ2) is 8.52. The summed E-state index contributed by atoms with van der Waals surface area (Å²) in [5, 5.41) is 6.10. The van der Waals surface area contributed by atoms with E-state index in [1.807, 2.05) is 20.8 Å². The lowest BCUT2D eigenvalue weighted by Crippen LogP contribution is -2.50. The van der Waals surface area contributed by atoms with E-state index < -0.39 is 0 Å². The first-order valence-electron chi connectivity index (χ1n) is 7.72. The van der Waals surface area contributed by atoms with Gasteiger partial charge in [-0.1, -0.05) is 24.3 Å². The lowest BCUT2D eigenvalue weighted by molar-refractivity contribution is -0.121. The minimum atomic E-state index is -0.216. The summed E-state index contributed by atoms with van der Waals surface area (Å²) < 4.78 is 0. The van der Waals surface area contributed by atoms with Gasteiger partial charge in [0.1, 0.15) is 0 Å². The van der Waals surface area contributed by atoms with Gasteiger partial charge in [0.2, 0.25) is 5.91 Å². The third-order valence-corrected chi connectivity index (χ3v) is 3.56. The molecule has 6 heteroatoms. The fraction of sp³-hybridized carbons (Fsp3) is 0.529. The molecule has 1 heterocycles. The van der Waals surface area contributed by atoms with Crippen molar-refractivity contribution in [1.82, 2.24) is 15.5 Å². The van der Waals surface area contributed by atoms with Gasteiger partial charge in [0.05, 0.1) is 6.54 Å². The number of carbonyl (C=O) groups is 1. The van der Waals surface area contributed by atoms with Gasteiger partial charge in [-0.2, -0.15) is 0 Å². The van der Waals surface area contributed by atoms with E-state index in [2.05, 4.69) is 44.8 Å². The molecule has 0 radical (unpaired) electrons. The molecule has 0 aromatic heterocycles. The molecule has 0 saturated heterocycles. The minimum absolute atomic E-state index is 0. The van der Waals surface area contributed by atoms with Crippen LogP contribution >= 0.6 is 24.0 Å². The zero-order valence-electron chi connectivity index (χ0n) is 14.3. The molecule has 1 amide bonds.